The van der Waals surface area contributed by atoms with Crippen LogP contribution in [0.4, 0.5) is 8.78 Å². The normalized spacial score (nSPS) is 19.6. The van der Waals surface area contributed by atoms with Crippen LogP contribution >= 0.6 is 11.6 Å². The van der Waals surface area contributed by atoms with Crippen LogP contribution in [0, 0.1) is 5.92 Å². The highest BCUT2D eigenvalue weighted by molar-refractivity contribution is 7.93. The third-order valence-electron chi connectivity index (χ3n) is 4.52. The number of nitrogens with zero attached hydrogens (tertiary/aromatic N) is 2. The SMILES string of the molecule is C[C@H](/C=C/S(C)(=O)=O)NC(=O)c1ncc(OC(c2ccccc2Cl)C2CC2(F)F)cn1. The Labute approximate surface area is 183 Å². The molecule has 1 saturated carbocycles. The fourth-order valence-corrected chi connectivity index (χ4v) is 3.62. The predicted molar refractivity (Wildman–Crippen MR) is 111 cm³/mol. The van der Waals surface area contributed by atoms with Crippen LogP contribution in [-0.4, -0.2) is 42.5 Å². The summed E-state index contributed by atoms with van der Waals surface area (Å²) in [6.07, 6.45) is 3.46. The van der Waals surface area contributed by atoms with Gasteiger partial charge in [0, 0.05) is 34.7 Å². The minimum absolute atomic E-state index is 0.106. The summed E-state index contributed by atoms with van der Waals surface area (Å²) in [7, 11) is -3.32. The molecule has 1 heterocycles. The molecule has 1 aliphatic rings. The number of nitrogens with one attached hydrogen (secondary N) is 1. The van der Waals surface area contributed by atoms with Gasteiger partial charge >= 0.3 is 0 Å². The first-order valence-corrected chi connectivity index (χ1v) is 11.6. The number of benzene rings is 1. The van der Waals surface area contributed by atoms with E-state index in [-0.39, 0.29) is 18.0 Å². The second-order valence-corrected chi connectivity index (χ2v) is 9.63. The van der Waals surface area contributed by atoms with E-state index in [2.05, 4.69) is 15.3 Å². The number of amides is 1. The summed E-state index contributed by atoms with van der Waals surface area (Å²) >= 11 is 6.17. The van der Waals surface area contributed by atoms with E-state index in [0.29, 0.717) is 10.6 Å². The van der Waals surface area contributed by atoms with Crippen LogP contribution in [0.5, 0.6) is 5.75 Å². The molecule has 31 heavy (non-hydrogen) atoms. The highest BCUT2D eigenvalue weighted by atomic mass is 35.5. The highest BCUT2D eigenvalue weighted by Gasteiger charge is 2.62. The first kappa shape index (κ1) is 23.1. The number of rotatable bonds is 8. The van der Waals surface area contributed by atoms with Crippen molar-refractivity contribution in [1.29, 1.82) is 0 Å². The summed E-state index contributed by atoms with van der Waals surface area (Å²) in [5.41, 5.74) is 0.430. The van der Waals surface area contributed by atoms with Crippen molar-refractivity contribution in [3.63, 3.8) is 0 Å². The van der Waals surface area contributed by atoms with Gasteiger partial charge in [-0.05, 0) is 13.0 Å². The van der Waals surface area contributed by atoms with E-state index in [1.54, 1.807) is 31.2 Å². The number of alkyl halides is 2. The third-order valence-corrected chi connectivity index (χ3v) is 5.51. The van der Waals surface area contributed by atoms with Crippen molar-refractivity contribution in [2.45, 2.75) is 31.4 Å². The smallest absolute Gasteiger partial charge is 0.289 e. The second-order valence-electron chi connectivity index (χ2n) is 7.29. The zero-order chi connectivity index (χ0) is 22.8. The van der Waals surface area contributed by atoms with Crippen molar-refractivity contribution in [2.75, 3.05) is 6.26 Å². The van der Waals surface area contributed by atoms with Gasteiger partial charge in [-0.25, -0.2) is 27.2 Å². The molecule has 0 spiro atoms. The molecule has 0 saturated heterocycles. The molecule has 3 rings (SSSR count). The number of aromatic nitrogens is 2. The van der Waals surface area contributed by atoms with Gasteiger partial charge < -0.3 is 10.1 Å². The van der Waals surface area contributed by atoms with Crippen LogP contribution in [0.25, 0.3) is 0 Å². The molecule has 3 atom stereocenters. The van der Waals surface area contributed by atoms with Crippen molar-refractivity contribution in [2.24, 2.45) is 5.92 Å². The number of ether oxygens (including phenoxy) is 1. The van der Waals surface area contributed by atoms with E-state index in [4.69, 9.17) is 16.3 Å². The number of carbonyl (C=O) groups is 1. The molecule has 1 N–H and O–H groups in total. The van der Waals surface area contributed by atoms with E-state index >= 15 is 0 Å². The van der Waals surface area contributed by atoms with Crippen molar-refractivity contribution in [3.05, 3.63) is 64.6 Å². The van der Waals surface area contributed by atoms with Gasteiger partial charge in [0.15, 0.2) is 15.6 Å². The molecule has 1 aliphatic carbocycles. The summed E-state index contributed by atoms with van der Waals surface area (Å²) in [5.74, 6) is -4.58. The Bertz CT molecular complexity index is 1090. The Morgan fingerprint density at radius 1 is 1.32 bits per heavy atom. The van der Waals surface area contributed by atoms with E-state index in [9.17, 15) is 22.0 Å². The average molecular weight is 472 g/mol. The maximum Gasteiger partial charge on any atom is 0.289 e. The van der Waals surface area contributed by atoms with Gasteiger partial charge in [0.25, 0.3) is 11.8 Å². The summed E-state index contributed by atoms with van der Waals surface area (Å²) in [5, 5.41) is 3.82. The van der Waals surface area contributed by atoms with Gasteiger partial charge in [0.1, 0.15) is 6.10 Å². The topological polar surface area (TPSA) is 98.2 Å². The molecule has 1 aromatic heterocycles. The van der Waals surface area contributed by atoms with Crippen LogP contribution in [0.2, 0.25) is 5.02 Å². The molecule has 1 fully saturated rings. The fourth-order valence-electron chi connectivity index (χ4n) is 2.85. The number of sulfone groups is 1. The molecule has 1 amide bonds. The Balaban J connectivity index is 1.71. The zero-order valence-electron chi connectivity index (χ0n) is 16.6. The predicted octanol–water partition coefficient (Wildman–Crippen LogP) is 3.58. The van der Waals surface area contributed by atoms with Crippen molar-refractivity contribution < 1.29 is 26.7 Å². The Kier molecular flexibility index (Phi) is 6.61. The summed E-state index contributed by atoms with van der Waals surface area (Å²) < 4.78 is 55.5. The second kappa shape index (κ2) is 8.88. The molecule has 7 nitrogen and oxygen atoms in total. The standard InChI is InChI=1S/C20H20ClF2N3O4S/c1-12(7-8-31(2,28)29)26-19(27)18-24-10-13(11-25-18)30-17(15-9-20(15,22)23)14-5-3-4-6-16(14)21/h3-8,10-12,15,17H,9H2,1-2H3,(H,26,27)/b8-7+/t12-,15?,17?/m1/s1. The number of hydrogen-bond acceptors (Lipinski definition) is 6. The maximum atomic E-state index is 13.7. The Hall–Kier alpha value is -2.59. The lowest BCUT2D eigenvalue weighted by atomic mass is 10.0. The molecule has 0 radical (unpaired) electrons. The highest BCUT2D eigenvalue weighted by Crippen LogP contribution is 2.56. The molecule has 0 aliphatic heterocycles. The molecular formula is C20H20ClF2N3O4S. The van der Waals surface area contributed by atoms with Crippen LogP contribution < -0.4 is 10.1 Å². The largest absolute Gasteiger partial charge is 0.482 e. The van der Waals surface area contributed by atoms with Gasteiger partial charge in [0.2, 0.25) is 5.82 Å². The lowest BCUT2D eigenvalue weighted by Gasteiger charge is -2.20. The minimum Gasteiger partial charge on any atom is -0.482 e. The van der Waals surface area contributed by atoms with Gasteiger partial charge in [-0.15, -0.1) is 0 Å². The van der Waals surface area contributed by atoms with Crippen molar-refractivity contribution in [3.8, 4) is 5.75 Å². The summed E-state index contributed by atoms with van der Waals surface area (Å²) in [4.78, 5) is 20.0. The van der Waals surface area contributed by atoms with Crippen LogP contribution in [0.15, 0.2) is 48.1 Å². The van der Waals surface area contributed by atoms with Crippen molar-refractivity contribution >= 4 is 27.3 Å². The Morgan fingerprint density at radius 3 is 2.48 bits per heavy atom. The number of hydrogen-bond donors (Lipinski definition) is 1. The van der Waals surface area contributed by atoms with Gasteiger partial charge in [0.05, 0.1) is 18.3 Å². The molecule has 1 aromatic carbocycles. The molecular weight excluding hydrogens is 452 g/mol. The molecule has 11 heteroatoms. The number of carbonyl (C=O) groups excluding carboxylic acids is 1. The average Bonchev–Trinajstić information content (AvgIpc) is 3.33. The van der Waals surface area contributed by atoms with E-state index in [1.165, 1.54) is 18.5 Å². The van der Waals surface area contributed by atoms with Crippen LogP contribution in [-0.2, 0) is 9.84 Å². The quantitative estimate of drug-likeness (QED) is 0.632. The molecule has 2 unspecified atom stereocenters. The van der Waals surface area contributed by atoms with Crippen molar-refractivity contribution in [1.82, 2.24) is 15.3 Å². The lowest BCUT2D eigenvalue weighted by Crippen LogP contribution is -2.32. The van der Waals surface area contributed by atoms with Crippen LogP contribution in [0.3, 0.4) is 0 Å². The van der Waals surface area contributed by atoms with Gasteiger partial charge in [-0.2, -0.15) is 0 Å². The Morgan fingerprint density at radius 2 is 1.94 bits per heavy atom. The maximum absolute atomic E-state index is 13.7. The van der Waals surface area contributed by atoms with E-state index < -0.39 is 39.7 Å². The third kappa shape index (κ3) is 6.20. The number of halogens is 3. The first-order valence-electron chi connectivity index (χ1n) is 9.26. The lowest BCUT2D eigenvalue weighted by molar-refractivity contribution is 0.0571. The van der Waals surface area contributed by atoms with E-state index in [0.717, 1.165) is 11.7 Å². The minimum atomic E-state index is -3.32. The van der Waals surface area contributed by atoms with Gasteiger partial charge in [-0.3, -0.25) is 4.79 Å². The van der Waals surface area contributed by atoms with E-state index in [1.807, 2.05) is 0 Å². The summed E-state index contributed by atoms with van der Waals surface area (Å²) in [6, 6.07) is 6.01. The molecule has 2 aromatic rings. The molecule has 166 valence electrons. The zero-order valence-corrected chi connectivity index (χ0v) is 18.2. The monoisotopic (exact) mass is 471 g/mol. The fraction of sp³-hybridized carbons (Fsp3) is 0.350. The first-order chi connectivity index (χ1) is 14.5. The van der Waals surface area contributed by atoms with Gasteiger partial charge in [-0.1, -0.05) is 35.9 Å². The van der Waals surface area contributed by atoms with Crippen LogP contribution in [0.1, 0.15) is 35.6 Å². The molecule has 0 bridgehead atoms. The summed E-state index contributed by atoms with van der Waals surface area (Å²) in [6.45, 7) is 1.58.